The number of hydrogen-bond donors (Lipinski definition) is 3. The molecule has 9 nitrogen and oxygen atoms in total. The second-order valence-electron chi connectivity index (χ2n) is 12.8. The van der Waals surface area contributed by atoms with Crippen molar-refractivity contribution in [3.63, 3.8) is 0 Å². The molecule has 3 aromatic rings. The van der Waals surface area contributed by atoms with E-state index in [1.807, 2.05) is 24.3 Å². The molecule has 1 heterocycles. The third-order valence-corrected chi connectivity index (χ3v) is 9.24. The fraction of sp³-hybridized carbons (Fsp3) is 0.389. The summed E-state index contributed by atoms with van der Waals surface area (Å²) < 4.78 is 7.78. The van der Waals surface area contributed by atoms with E-state index in [4.69, 9.17) is 22.1 Å². The Kier molecular flexibility index (Phi) is 10.8. The van der Waals surface area contributed by atoms with E-state index in [0.29, 0.717) is 40.5 Å². The second kappa shape index (κ2) is 14.9. The summed E-state index contributed by atoms with van der Waals surface area (Å²) in [4.78, 5) is 39.8. The van der Waals surface area contributed by atoms with E-state index >= 15 is 0 Å². The van der Waals surface area contributed by atoms with Gasteiger partial charge in [-0.2, -0.15) is 9.37 Å². The number of esters is 1. The number of hydrogen-bond acceptors (Lipinski definition) is 5. The molecule has 4 N–H and O–H groups in total. The van der Waals surface area contributed by atoms with Crippen LogP contribution in [0.15, 0.2) is 72.8 Å². The number of phenols is 1. The fourth-order valence-electron chi connectivity index (χ4n) is 6.68. The predicted octanol–water partition coefficient (Wildman–Crippen LogP) is 6.05. The van der Waals surface area contributed by atoms with Crippen molar-refractivity contribution >= 4 is 40.9 Å². The van der Waals surface area contributed by atoms with Gasteiger partial charge in [0.25, 0.3) is 5.91 Å². The van der Waals surface area contributed by atoms with Crippen LogP contribution in [0.3, 0.4) is 0 Å². The number of anilines is 1. The maximum atomic E-state index is 14.1. The number of quaternary nitrogens is 1. The quantitative estimate of drug-likeness (QED) is 0.113. The number of nitrogens with one attached hydrogen (secondary N) is 1. The lowest BCUT2D eigenvalue weighted by Crippen LogP contribution is -2.56. The number of ether oxygens (including phenoxy) is 1. The molecule has 1 aliphatic carbocycles. The Hall–Kier alpha value is -4.21. The number of nitrogens with two attached hydrogens (primary N) is 1. The zero-order valence-corrected chi connectivity index (χ0v) is 27.0. The first-order valence-corrected chi connectivity index (χ1v) is 16.4. The predicted molar refractivity (Wildman–Crippen MR) is 178 cm³/mol. The number of aromatic hydroxyl groups is 1. The van der Waals surface area contributed by atoms with Crippen LogP contribution in [0.2, 0.25) is 5.02 Å². The van der Waals surface area contributed by atoms with Crippen LogP contribution >= 0.6 is 11.6 Å². The molecule has 3 amide bonds. The summed E-state index contributed by atoms with van der Waals surface area (Å²) in [5.41, 5.74) is 9.15. The first kappa shape index (κ1) is 33.2. The molecule has 0 radical (unpaired) electrons. The average molecular weight is 647 g/mol. The van der Waals surface area contributed by atoms with Gasteiger partial charge in [0.15, 0.2) is 6.04 Å². The van der Waals surface area contributed by atoms with Gasteiger partial charge in [0, 0.05) is 29.8 Å². The Morgan fingerprint density at radius 2 is 1.72 bits per heavy atom. The Balaban J connectivity index is 1.41. The molecule has 10 heteroatoms. The molecule has 5 rings (SSSR count). The van der Waals surface area contributed by atoms with Gasteiger partial charge in [0.05, 0.1) is 19.5 Å². The van der Waals surface area contributed by atoms with Crippen LogP contribution in [0.25, 0.3) is 0 Å². The van der Waals surface area contributed by atoms with Crippen LogP contribution in [0.5, 0.6) is 11.5 Å². The molecule has 3 aromatic carbocycles. The van der Waals surface area contributed by atoms with Crippen molar-refractivity contribution in [2.45, 2.75) is 64.0 Å². The van der Waals surface area contributed by atoms with E-state index in [1.54, 1.807) is 48.5 Å². The van der Waals surface area contributed by atoms with Crippen molar-refractivity contribution in [3.05, 3.63) is 88.9 Å². The third kappa shape index (κ3) is 8.73. The zero-order valence-electron chi connectivity index (χ0n) is 26.3. The molecular weight excluding hydrogens is 604 g/mol. The van der Waals surface area contributed by atoms with Crippen molar-refractivity contribution in [1.82, 2.24) is 0 Å². The lowest BCUT2D eigenvalue weighted by Gasteiger charge is -2.38. The molecule has 46 heavy (non-hydrogen) atoms. The van der Waals surface area contributed by atoms with Gasteiger partial charge in [-0.3, -0.25) is 9.59 Å². The standard InChI is InChI=1S/C36H41ClN4O5/c1-41(23-26-7-5-10-28(37)21-26)20-6-11-30(24-41)40(33(34(38)43)22-25-12-16-31(42)17-13-25)36(45)39-29-14-18-32(19-15-29)46-35(44)27-8-3-2-4-9-27/h5,7,10,12-19,21,27,33H,2-4,6,8-9,11,20,22-24H2,1H3,(H2-2,38,39,42,43,45)/p+2/b40-30+/t33-,41?/m0/s1. The Bertz CT molecular complexity index is 1580. The third-order valence-electron chi connectivity index (χ3n) is 9.01. The van der Waals surface area contributed by atoms with Crippen molar-refractivity contribution in [2.24, 2.45) is 11.7 Å². The van der Waals surface area contributed by atoms with Crippen molar-refractivity contribution in [1.29, 1.82) is 0 Å². The van der Waals surface area contributed by atoms with Gasteiger partial charge in [0.2, 0.25) is 0 Å². The highest BCUT2D eigenvalue weighted by Crippen LogP contribution is 2.27. The van der Waals surface area contributed by atoms with Crippen LogP contribution in [-0.4, -0.2) is 64.0 Å². The molecule has 2 atom stereocenters. The maximum Gasteiger partial charge on any atom is 0.496 e. The van der Waals surface area contributed by atoms with Gasteiger partial charge in [-0.05, 0) is 66.9 Å². The van der Waals surface area contributed by atoms with Crippen LogP contribution < -0.4 is 15.8 Å². The highest BCUT2D eigenvalue weighted by atomic mass is 35.5. The minimum absolute atomic E-state index is 0.0727. The molecule has 2 aliphatic rings. The first-order valence-electron chi connectivity index (χ1n) is 16.0. The van der Waals surface area contributed by atoms with E-state index in [9.17, 15) is 19.5 Å². The maximum absolute atomic E-state index is 14.1. The van der Waals surface area contributed by atoms with E-state index in [0.717, 1.165) is 61.9 Å². The largest absolute Gasteiger partial charge is 0.508 e. The number of likely N-dealkylation sites (tertiary alicyclic amines) is 1. The van der Waals surface area contributed by atoms with Crippen LogP contribution in [0, 0.1) is 5.92 Å². The summed E-state index contributed by atoms with van der Waals surface area (Å²) in [5.74, 6) is -0.387. The van der Waals surface area contributed by atoms with E-state index in [-0.39, 0.29) is 24.1 Å². The van der Waals surface area contributed by atoms with Gasteiger partial charge in [-0.15, -0.1) is 0 Å². The number of carbonyl (C=O) groups excluding carboxylic acids is 3. The van der Waals surface area contributed by atoms with Gasteiger partial charge in [-0.1, -0.05) is 55.1 Å². The van der Waals surface area contributed by atoms with Crippen molar-refractivity contribution < 1.29 is 33.3 Å². The monoisotopic (exact) mass is 646 g/mol. The van der Waals surface area contributed by atoms with E-state index in [1.165, 1.54) is 4.58 Å². The van der Waals surface area contributed by atoms with Crippen LogP contribution in [-0.2, 0) is 22.6 Å². The molecule has 1 saturated carbocycles. The molecule has 0 bridgehead atoms. The van der Waals surface area contributed by atoms with E-state index < -0.39 is 18.0 Å². The lowest BCUT2D eigenvalue weighted by atomic mass is 9.89. The average Bonchev–Trinajstić information content (AvgIpc) is 3.03. The Morgan fingerprint density at radius 1 is 1.00 bits per heavy atom. The fourth-order valence-corrected chi connectivity index (χ4v) is 6.89. The number of phenolic OH excluding ortho intramolecular Hbond substituents is 1. The van der Waals surface area contributed by atoms with Crippen LogP contribution in [0.4, 0.5) is 10.5 Å². The summed E-state index contributed by atoms with van der Waals surface area (Å²) in [6.07, 6.45) is 6.57. The van der Waals surface area contributed by atoms with Crippen LogP contribution in [0.1, 0.15) is 56.1 Å². The Morgan fingerprint density at radius 3 is 2.39 bits per heavy atom. The molecule has 242 valence electrons. The van der Waals surface area contributed by atoms with Gasteiger partial charge in [0.1, 0.15) is 36.0 Å². The van der Waals surface area contributed by atoms with Gasteiger partial charge >= 0.3 is 12.0 Å². The number of carbonyl (C=O) groups is 3. The summed E-state index contributed by atoms with van der Waals surface area (Å²) in [6.45, 7) is 2.14. The lowest BCUT2D eigenvalue weighted by molar-refractivity contribution is -0.918. The van der Waals surface area contributed by atoms with Gasteiger partial charge in [-0.25, -0.2) is 5.32 Å². The number of piperidine rings is 1. The normalized spacial score (nSPS) is 20.4. The first-order chi connectivity index (χ1) is 22.1. The van der Waals surface area contributed by atoms with Gasteiger partial charge < -0.3 is 20.1 Å². The SMILES string of the molecule is C[N+]1(Cc2cccc(Cl)c2)CCC/C(=[N+](\C(=O)Nc2ccc(OC(=O)C3CCCCC3)cc2)[C@@H](Cc2ccc(O)cc2)C(N)=O)C1. The number of urea groups is 1. The van der Waals surface area contributed by atoms with Crippen molar-refractivity contribution in [3.8, 4) is 11.5 Å². The minimum atomic E-state index is -0.965. The smallest absolute Gasteiger partial charge is 0.496 e. The molecule has 0 spiro atoms. The zero-order chi connectivity index (χ0) is 32.7. The molecular formula is C36H43ClN4O5+2. The number of primary amides is 1. The molecule has 1 saturated heterocycles. The number of rotatable bonds is 9. The summed E-state index contributed by atoms with van der Waals surface area (Å²) in [7, 11) is 2.14. The van der Waals surface area contributed by atoms with E-state index in [2.05, 4.69) is 12.4 Å². The summed E-state index contributed by atoms with van der Waals surface area (Å²) in [5, 5.41) is 13.4. The number of benzene rings is 3. The number of amides is 3. The summed E-state index contributed by atoms with van der Waals surface area (Å²) in [6, 6.07) is 19.6. The second-order valence-corrected chi connectivity index (χ2v) is 13.3. The topological polar surface area (TPSA) is 122 Å². The highest BCUT2D eigenvalue weighted by molar-refractivity contribution is 6.30. The molecule has 0 aromatic heterocycles. The highest BCUT2D eigenvalue weighted by Gasteiger charge is 2.39. The summed E-state index contributed by atoms with van der Waals surface area (Å²) >= 11 is 6.27. The molecule has 1 aliphatic heterocycles. The Labute approximate surface area is 275 Å². The number of halogens is 1. The molecule has 1 unspecified atom stereocenters. The minimum Gasteiger partial charge on any atom is -0.508 e. The number of nitrogens with zero attached hydrogens (tertiary/aromatic N) is 2. The van der Waals surface area contributed by atoms with Crippen molar-refractivity contribution in [2.75, 3.05) is 25.5 Å². The molecule has 2 fully saturated rings.